The molecule has 15 heavy (non-hydrogen) atoms. The molecule has 1 N–H and O–H groups in total. The molecule has 1 heterocycles. The Bertz CT molecular complexity index is 360. The van der Waals surface area contributed by atoms with Crippen molar-refractivity contribution in [2.24, 2.45) is 0 Å². The smallest absolute Gasteiger partial charge is 0.303 e. The van der Waals surface area contributed by atoms with Crippen molar-refractivity contribution in [3.8, 4) is 0 Å². The van der Waals surface area contributed by atoms with Gasteiger partial charge in [0.1, 0.15) is 5.15 Å². The van der Waals surface area contributed by atoms with Gasteiger partial charge in [0.25, 0.3) is 0 Å². The lowest BCUT2D eigenvalue weighted by Gasteiger charge is -2.09. The van der Waals surface area contributed by atoms with Gasteiger partial charge >= 0.3 is 5.97 Å². The van der Waals surface area contributed by atoms with Gasteiger partial charge < -0.3 is 5.11 Å². The molecule has 0 aromatic carbocycles. The van der Waals surface area contributed by atoms with Crippen LogP contribution in [-0.2, 0) is 4.79 Å². The molecule has 0 spiro atoms. The van der Waals surface area contributed by atoms with Crippen LogP contribution in [0.15, 0.2) is 6.20 Å². The maximum absolute atomic E-state index is 10.6. The third-order valence-electron chi connectivity index (χ3n) is 2.26. The van der Waals surface area contributed by atoms with Crippen LogP contribution in [0, 0.1) is 0 Å². The number of aromatic nitrogens is 2. The van der Waals surface area contributed by atoms with Crippen LogP contribution in [0.25, 0.3) is 0 Å². The van der Waals surface area contributed by atoms with Gasteiger partial charge in [-0.2, -0.15) is 5.10 Å². The second kappa shape index (κ2) is 4.66. The Kier molecular flexibility index (Phi) is 3.74. The highest BCUT2D eigenvalue weighted by Crippen LogP contribution is 2.28. The maximum Gasteiger partial charge on any atom is 0.303 e. The van der Waals surface area contributed by atoms with Gasteiger partial charge in [-0.25, -0.2) is 0 Å². The Morgan fingerprint density at radius 1 is 1.60 bits per heavy atom. The molecule has 0 aliphatic carbocycles. The summed E-state index contributed by atoms with van der Waals surface area (Å²) in [4.78, 5) is 10.6. The average molecular weight is 231 g/mol. The highest BCUT2D eigenvalue weighted by molar-refractivity contribution is 6.30. The minimum Gasteiger partial charge on any atom is -0.481 e. The number of aliphatic carboxylic acids is 1. The molecule has 1 rings (SSSR count). The first kappa shape index (κ1) is 12.0. The molecular weight excluding hydrogens is 216 g/mol. The average Bonchev–Trinajstić information content (AvgIpc) is 2.45. The third-order valence-corrected chi connectivity index (χ3v) is 2.65. The minimum atomic E-state index is -0.823. The number of nitrogens with zero attached hydrogens (tertiary/aromatic N) is 2. The van der Waals surface area contributed by atoms with Crippen LogP contribution in [-0.4, -0.2) is 20.9 Å². The van der Waals surface area contributed by atoms with E-state index >= 15 is 0 Å². The van der Waals surface area contributed by atoms with Gasteiger partial charge in [0.05, 0.1) is 12.6 Å². The summed E-state index contributed by atoms with van der Waals surface area (Å²) >= 11 is 6.11. The Hall–Kier alpha value is -1.03. The number of carboxylic acids is 1. The van der Waals surface area contributed by atoms with Gasteiger partial charge in [0.2, 0.25) is 0 Å². The number of carboxylic acid groups (broad SMARTS) is 1. The van der Waals surface area contributed by atoms with E-state index in [4.69, 9.17) is 16.7 Å². The van der Waals surface area contributed by atoms with Crippen LogP contribution in [0.3, 0.4) is 0 Å². The van der Waals surface area contributed by atoms with Crippen molar-refractivity contribution in [1.29, 1.82) is 0 Å². The van der Waals surface area contributed by atoms with Crippen molar-refractivity contribution in [3.05, 3.63) is 16.9 Å². The predicted octanol–water partition coefficient (Wildman–Crippen LogP) is 2.70. The van der Waals surface area contributed by atoms with Crippen molar-refractivity contribution in [2.75, 3.05) is 0 Å². The summed E-state index contributed by atoms with van der Waals surface area (Å²) < 4.78 is 1.69. The van der Waals surface area contributed by atoms with Gasteiger partial charge in [-0.3, -0.25) is 9.48 Å². The minimum absolute atomic E-state index is 0.0729. The number of hydrogen-bond donors (Lipinski definition) is 1. The van der Waals surface area contributed by atoms with Crippen LogP contribution in [0.1, 0.15) is 44.7 Å². The summed E-state index contributed by atoms with van der Waals surface area (Å²) in [6, 6.07) is 0.184. The topological polar surface area (TPSA) is 55.1 Å². The molecule has 1 unspecified atom stereocenters. The van der Waals surface area contributed by atoms with Gasteiger partial charge in [0.15, 0.2) is 0 Å². The van der Waals surface area contributed by atoms with Gasteiger partial charge in [-0.05, 0) is 19.8 Å². The molecule has 1 aromatic rings. The fraction of sp³-hybridized carbons (Fsp3) is 0.600. The molecular formula is C10H15ClN2O2. The zero-order chi connectivity index (χ0) is 11.6. The summed E-state index contributed by atoms with van der Waals surface area (Å²) in [5.41, 5.74) is 0.799. The fourth-order valence-corrected chi connectivity index (χ4v) is 1.90. The molecule has 0 radical (unpaired) electrons. The summed E-state index contributed by atoms with van der Waals surface area (Å²) in [5.74, 6) is -0.932. The van der Waals surface area contributed by atoms with E-state index in [1.165, 1.54) is 0 Å². The highest BCUT2D eigenvalue weighted by Gasteiger charge is 2.18. The van der Waals surface area contributed by atoms with E-state index < -0.39 is 5.97 Å². The Morgan fingerprint density at radius 2 is 2.20 bits per heavy atom. The molecule has 0 saturated heterocycles. The molecule has 0 fully saturated rings. The monoisotopic (exact) mass is 230 g/mol. The van der Waals surface area contributed by atoms with Crippen molar-refractivity contribution in [1.82, 2.24) is 9.78 Å². The third kappa shape index (κ3) is 2.72. The van der Waals surface area contributed by atoms with E-state index in [0.717, 1.165) is 5.56 Å². The zero-order valence-corrected chi connectivity index (χ0v) is 9.82. The lowest BCUT2D eigenvalue weighted by molar-refractivity contribution is -0.137. The van der Waals surface area contributed by atoms with Crippen LogP contribution < -0.4 is 0 Å². The normalized spacial score (nSPS) is 13.1. The van der Waals surface area contributed by atoms with Crippen molar-refractivity contribution in [2.45, 2.75) is 39.2 Å². The number of hydrogen-bond acceptors (Lipinski definition) is 2. The first-order valence-corrected chi connectivity index (χ1v) is 5.26. The standard InChI is InChI=1S/C10H15ClN2O2/c1-6(2)13-10(11)8(5-12-13)7(3)4-9(14)15/h5-7H,4H2,1-3H3,(H,14,15). The highest BCUT2D eigenvalue weighted by atomic mass is 35.5. The lowest BCUT2D eigenvalue weighted by atomic mass is 10.0. The molecule has 1 aromatic heterocycles. The van der Waals surface area contributed by atoms with Crippen LogP contribution in [0.5, 0.6) is 0 Å². The van der Waals surface area contributed by atoms with Crippen molar-refractivity contribution in [3.63, 3.8) is 0 Å². The van der Waals surface area contributed by atoms with E-state index in [-0.39, 0.29) is 18.4 Å². The summed E-state index contributed by atoms with van der Waals surface area (Å²) in [7, 11) is 0. The lowest BCUT2D eigenvalue weighted by Crippen LogP contribution is -2.05. The second-order valence-electron chi connectivity index (χ2n) is 3.93. The SMILES string of the molecule is CC(CC(=O)O)c1cnn(C(C)C)c1Cl. The Labute approximate surface area is 93.9 Å². The summed E-state index contributed by atoms with van der Waals surface area (Å²) in [6.45, 7) is 5.79. The first-order valence-electron chi connectivity index (χ1n) is 4.88. The van der Waals surface area contributed by atoms with Crippen LogP contribution >= 0.6 is 11.6 Å². The maximum atomic E-state index is 10.6. The van der Waals surface area contributed by atoms with E-state index in [9.17, 15) is 4.79 Å². The van der Waals surface area contributed by atoms with Crippen molar-refractivity contribution >= 4 is 17.6 Å². The Balaban J connectivity index is 2.91. The molecule has 0 bridgehead atoms. The van der Waals surface area contributed by atoms with E-state index in [2.05, 4.69) is 5.10 Å². The van der Waals surface area contributed by atoms with E-state index in [1.54, 1.807) is 10.9 Å². The van der Waals surface area contributed by atoms with Crippen molar-refractivity contribution < 1.29 is 9.90 Å². The zero-order valence-electron chi connectivity index (χ0n) is 9.07. The molecule has 0 aliphatic heterocycles. The quantitative estimate of drug-likeness (QED) is 0.865. The number of halogens is 1. The summed E-state index contributed by atoms with van der Waals surface area (Å²) in [5, 5.41) is 13.4. The van der Waals surface area contributed by atoms with Crippen LogP contribution in [0.2, 0.25) is 5.15 Å². The molecule has 1 atom stereocenters. The largest absolute Gasteiger partial charge is 0.481 e. The fourth-order valence-electron chi connectivity index (χ4n) is 1.42. The first-order chi connectivity index (χ1) is 6.93. The van der Waals surface area contributed by atoms with Gasteiger partial charge in [0, 0.05) is 11.6 Å². The van der Waals surface area contributed by atoms with Crippen LogP contribution in [0.4, 0.5) is 0 Å². The van der Waals surface area contributed by atoms with E-state index in [1.807, 2.05) is 20.8 Å². The molecule has 0 saturated carbocycles. The number of rotatable bonds is 4. The predicted molar refractivity (Wildman–Crippen MR) is 58.3 cm³/mol. The molecule has 0 aliphatic rings. The van der Waals surface area contributed by atoms with Gasteiger partial charge in [-0.1, -0.05) is 18.5 Å². The molecule has 5 heteroatoms. The van der Waals surface area contributed by atoms with E-state index in [0.29, 0.717) is 5.15 Å². The molecule has 0 amide bonds. The molecule has 84 valence electrons. The molecule has 4 nitrogen and oxygen atoms in total. The van der Waals surface area contributed by atoms with Gasteiger partial charge in [-0.15, -0.1) is 0 Å². The number of carbonyl (C=O) groups is 1. The second-order valence-corrected chi connectivity index (χ2v) is 4.29. The Morgan fingerprint density at radius 3 is 2.60 bits per heavy atom. The summed E-state index contributed by atoms with van der Waals surface area (Å²) in [6.07, 6.45) is 1.72.